The number of Topliss-reactive ketones (excluding diaryl/α,β-unsaturated/α-hetero) is 1. The molecule has 0 spiro atoms. The zero-order valence-corrected chi connectivity index (χ0v) is 15.7. The lowest BCUT2D eigenvalue weighted by Crippen LogP contribution is -2.46. The number of non-ortho nitro benzene ring substituents is 1. The predicted molar refractivity (Wildman–Crippen MR) is 108 cm³/mol. The van der Waals surface area contributed by atoms with E-state index in [4.69, 9.17) is 0 Å². The molecule has 28 heavy (non-hydrogen) atoms. The number of carbonyl (C=O) groups is 2. The molecule has 1 aromatic heterocycles. The molecule has 0 saturated heterocycles. The first-order valence-electron chi connectivity index (χ1n) is 8.41. The lowest BCUT2D eigenvalue weighted by molar-refractivity contribution is -0.384. The maximum absolute atomic E-state index is 13.0. The van der Waals surface area contributed by atoms with Crippen LogP contribution in [0.25, 0.3) is 0 Å². The smallest absolute Gasteiger partial charge is 0.269 e. The van der Waals surface area contributed by atoms with Gasteiger partial charge < -0.3 is 10.6 Å². The van der Waals surface area contributed by atoms with E-state index in [1.165, 1.54) is 29.5 Å². The van der Waals surface area contributed by atoms with Crippen molar-refractivity contribution in [1.82, 2.24) is 5.32 Å². The van der Waals surface area contributed by atoms with Gasteiger partial charge in [-0.1, -0.05) is 36.4 Å². The van der Waals surface area contributed by atoms with Gasteiger partial charge in [0.2, 0.25) is 5.78 Å². The largest absolute Gasteiger partial charge is 0.359 e. The maximum Gasteiger partial charge on any atom is 0.269 e. The molecule has 7 nitrogen and oxygen atoms in total. The Kier molecular flexibility index (Phi) is 5.81. The first kappa shape index (κ1) is 19.2. The van der Waals surface area contributed by atoms with E-state index < -0.39 is 11.1 Å². The second kappa shape index (κ2) is 8.45. The molecule has 2 N–H and O–H groups in total. The molecule has 0 aliphatic rings. The van der Waals surface area contributed by atoms with Crippen LogP contribution in [-0.2, 0) is 0 Å². The third kappa shape index (κ3) is 4.41. The summed E-state index contributed by atoms with van der Waals surface area (Å²) >= 11 is 1.27. The van der Waals surface area contributed by atoms with E-state index in [9.17, 15) is 19.7 Å². The van der Waals surface area contributed by atoms with Gasteiger partial charge in [0.15, 0.2) is 6.17 Å². The quantitative estimate of drug-likeness (QED) is 0.272. The van der Waals surface area contributed by atoms with Crippen molar-refractivity contribution in [3.8, 4) is 0 Å². The monoisotopic (exact) mass is 395 g/mol. The molecule has 142 valence electrons. The molecule has 1 heterocycles. The Hall–Kier alpha value is -3.52. The van der Waals surface area contributed by atoms with Crippen LogP contribution in [0.2, 0.25) is 0 Å². The van der Waals surface area contributed by atoms with Crippen LogP contribution >= 0.6 is 11.3 Å². The molecule has 0 aliphatic heterocycles. The van der Waals surface area contributed by atoms with Crippen LogP contribution in [0, 0.1) is 17.0 Å². The van der Waals surface area contributed by atoms with Crippen molar-refractivity contribution >= 4 is 34.4 Å². The van der Waals surface area contributed by atoms with Crippen molar-refractivity contribution in [3.63, 3.8) is 0 Å². The molecular formula is C20H17N3O4S. The van der Waals surface area contributed by atoms with Gasteiger partial charge in [-0.2, -0.15) is 0 Å². The molecular weight excluding hydrogens is 378 g/mol. The fourth-order valence-corrected chi connectivity index (χ4v) is 3.25. The number of nitro groups is 1. The molecule has 8 heteroatoms. The molecule has 1 amide bonds. The first-order valence-corrected chi connectivity index (χ1v) is 9.29. The number of thiophene rings is 1. The molecule has 0 radical (unpaired) electrons. The number of nitrogens with zero attached hydrogens (tertiary/aromatic N) is 1. The second-order valence-electron chi connectivity index (χ2n) is 6.01. The van der Waals surface area contributed by atoms with E-state index in [0.29, 0.717) is 21.7 Å². The molecule has 0 aliphatic carbocycles. The molecule has 3 aromatic rings. The number of aryl methyl sites for hydroxylation is 1. The Balaban J connectivity index is 1.88. The van der Waals surface area contributed by atoms with Crippen molar-refractivity contribution < 1.29 is 14.5 Å². The van der Waals surface area contributed by atoms with E-state index >= 15 is 0 Å². The Morgan fingerprint density at radius 2 is 1.82 bits per heavy atom. The van der Waals surface area contributed by atoms with Gasteiger partial charge >= 0.3 is 0 Å². The minimum absolute atomic E-state index is 0.0448. The summed E-state index contributed by atoms with van der Waals surface area (Å²) in [6, 6.07) is 16.3. The minimum atomic E-state index is -1.03. The summed E-state index contributed by atoms with van der Waals surface area (Å²) in [6.45, 7) is 1.69. The van der Waals surface area contributed by atoms with Crippen molar-refractivity contribution in [2.45, 2.75) is 13.1 Å². The van der Waals surface area contributed by atoms with Crippen LogP contribution in [0.3, 0.4) is 0 Å². The summed E-state index contributed by atoms with van der Waals surface area (Å²) < 4.78 is 0. The van der Waals surface area contributed by atoms with E-state index in [-0.39, 0.29) is 17.4 Å². The molecule has 1 atom stereocenters. The van der Waals surface area contributed by atoms with Gasteiger partial charge in [0.25, 0.3) is 11.6 Å². The third-order valence-electron chi connectivity index (χ3n) is 4.06. The highest BCUT2D eigenvalue weighted by Gasteiger charge is 2.24. The van der Waals surface area contributed by atoms with Crippen LogP contribution in [0.1, 0.15) is 25.6 Å². The Labute approximate surface area is 165 Å². The Bertz CT molecular complexity index is 1000. The molecule has 3 rings (SSSR count). The number of ketones is 1. The summed E-state index contributed by atoms with van der Waals surface area (Å²) in [5, 5.41) is 18.4. The number of nitrogens with one attached hydrogen (secondary N) is 2. The number of nitro benzene ring substituents is 1. The Morgan fingerprint density at radius 1 is 1.07 bits per heavy atom. The molecule has 2 aromatic carbocycles. The van der Waals surface area contributed by atoms with Gasteiger partial charge in [-0.3, -0.25) is 19.7 Å². The zero-order chi connectivity index (χ0) is 20.1. The average molecular weight is 395 g/mol. The first-order chi connectivity index (χ1) is 13.5. The molecule has 0 fully saturated rings. The predicted octanol–water partition coefficient (Wildman–Crippen LogP) is 4.02. The minimum Gasteiger partial charge on any atom is -0.359 e. The number of rotatable bonds is 7. The SMILES string of the molecule is Cc1cc([N+](=O)[O-])ccc1NC(NC(=O)c1cccs1)C(=O)c1ccccc1. The van der Waals surface area contributed by atoms with E-state index in [1.54, 1.807) is 54.8 Å². The summed E-state index contributed by atoms with van der Waals surface area (Å²) in [4.78, 5) is 36.4. The normalized spacial score (nSPS) is 11.5. The van der Waals surface area contributed by atoms with Gasteiger partial charge in [-0.05, 0) is 30.0 Å². The summed E-state index contributed by atoms with van der Waals surface area (Å²) in [5.74, 6) is -0.695. The lowest BCUT2D eigenvalue weighted by Gasteiger charge is -2.21. The topological polar surface area (TPSA) is 101 Å². The van der Waals surface area contributed by atoms with Gasteiger partial charge in [0.1, 0.15) is 0 Å². The van der Waals surface area contributed by atoms with Crippen LogP contribution in [0.4, 0.5) is 11.4 Å². The highest BCUT2D eigenvalue weighted by atomic mass is 32.1. The maximum atomic E-state index is 13.0. The van der Waals surface area contributed by atoms with Crippen LogP contribution in [0.5, 0.6) is 0 Å². The number of benzene rings is 2. The summed E-state index contributed by atoms with van der Waals surface area (Å²) in [7, 11) is 0. The standard InChI is InChI=1S/C20H17N3O4S/c1-13-12-15(23(26)27)9-10-16(13)21-19(18(24)14-6-3-2-4-7-14)22-20(25)17-8-5-11-28-17/h2-12,19,21H,1H3,(H,22,25). The molecule has 0 saturated carbocycles. The zero-order valence-electron chi connectivity index (χ0n) is 14.9. The highest BCUT2D eigenvalue weighted by molar-refractivity contribution is 7.12. The molecule has 0 bridgehead atoms. The van der Waals surface area contributed by atoms with Crippen LogP contribution in [0.15, 0.2) is 66.0 Å². The highest BCUT2D eigenvalue weighted by Crippen LogP contribution is 2.22. The van der Waals surface area contributed by atoms with Crippen molar-refractivity contribution in [1.29, 1.82) is 0 Å². The summed E-state index contributed by atoms with van der Waals surface area (Å²) in [5.41, 5.74) is 1.50. The number of anilines is 1. The van der Waals surface area contributed by atoms with Crippen LogP contribution in [-0.4, -0.2) is 22.8 Å². The fraction of sp³-hybridized carbons (Fsp3) is 0.100. The van der Waals surface area contributed by atoms with E-state index in [2.05, 4.69) is 10.6 Å². The molecule has 1 unspecified atom stereocenters. The van der Waals surface area contributed by atoms with E-state index in [0.717, 1.165) is 0 Å². The number of hydrogen-bond acceptors (Lipinski definition) is 6. The van der Waals surface area contributed by atoms with Crippen molar-refractivity contribution in [3.05, 3.63) is 92.2 Å². The average Bonchev–Trinajstić information content (AvgIpc) is 3.23. The van der Waals surface area contributed by atoms with Crippen molar-refractivity contribution in [2.75, 3.05) is 5.32 Å². The fourth-order valence-electron chi connectivity index (χ4n) is 2.63. The Morgan fingerprint density at radius 3 is 2.43 bits per heavy atom. The number of amides is 1. The van der Waals surface area contributed by atoms with Gasteiger partial charge in [-0.25, -0.2) is 0 Å². The van der Waals surface area contributed by atoms with E-state index in [1.807, 2.05) is 0 Å². The summed E-state index contributed by atoms with van der Waals surface area (Å²) in [6.07, 6.45) is -1.03. The van der Waals surface area contributed by atoms with Gasteiger partial charge in [-0.15, -0.1) is 11.3 Å². The third-order valence-corrected chi connectivity index (χ3v) is 4.93. The lowest BCUT2D eigenvalue weighted by atomic mass is 10.1. The number of carbonyl (C=O) groups excluding carboxylic acids is 2. The second-order valence-corrected chi connectivity index (χ2v) is 6.96. The van der Waals surface area contributed by atoms with Gasteiger partial charge in [0.05, 0.1) is 9.80 Å². The number of hydrogen-bond donors (Lipinski definition) is 2. The van der Waals surface area contributed by atoms with Gasteiger partial charge in [0, 0.05) is 23.4 Å². The van der Waals surface area contributed by atoms with Crippen LogP contribution < -0.4 is 10.6 Å². The van der Waals surface area contributed by atoms with Crippen molar-refractivity contribution in [2.24, 2.45) is 0 Å².